The molecule has 0 saturated carbocycles. The van der Waals surface area contributed by atoms with Crippen molar-refractivity contribution in [3.05, 3.63) is 24.3 Å². The van der Waals surface area contributed by atoms with Gasteiger partial charge in [0.2, 0.25) is 5.91 Å². The lowest BCUT2D eigenvalue weighted by molar-refractivity contribution is -0.116. The Morgan fingerprint density at radius 1 is 1.42 bits per heavy atom. The van der Waals surface area contributed by atoms with Crippen molar-refractivity contribution >= 4 is 28.6 Å². The summed E-state index contributed by atoms with van der Waals surface area (Å²) >= 11 is 1.31. The second-order valence-electron chi connectivity index (χ2n) is 4.13. The zero-order chi connectivity index (χ0) is 13.7. The number of carbonyl (C=O) groups excluding carboxylic acids is 2. The molecule has 1 fully saturated rings. The van der Waals surface area contributed by atoms with E-state index >= 15 is 0 Å². The number of anilines is 1. The van der Waals surface area contributed by atoms with E-state index in [9.17, 15) is 9.59 Å². The number of hydrogen-bond donors (Lipinski definition) is 1. The first-order valence-electron chi connectivity index (χ1n) is 6.04. The average Bonchev–Trinajstić information content (AvgIpc) is 2.83. The number of methoxy groups -OCH3 is 1. The number of ether oxygens (including phenoxy) is 1. The van der Waals surface area contributed by atoms with Crippen LogP contribution in [-0.2, 0) is 4.79 Å². The van der Waals surface area contributed by atoms with Crippen molar-refractivity contribution in [1.82, 2.24) is 4.90 Å². The van der Waals surface area contributed by atoms with Crippen LogP contribution in [0.3, 0.4) is 0 Å². The first-order valence-corrected chi connectivity index (χ1v) is 7.03. The number of thioether (sulfide) groups is 1. The molecule has 1 aliphatic heterocycles. The Hall–Kier alpha value is -1.69. The van der Waals surface area contributed by atoms with Gasteiger partial charge in [-0.1, -0.05) is 11.8 Å². The third kappa shape index (κ3) is 3.89. The molecule has 0 unspecified atom stereocenters. The Morgan fingerprint density at radius 3 is 2.74 bits per heavy atom. The summed E-state index contributed by atoms with van der Waals surface area (Å²) in [5.74, 6) is 1.48. The highest BCUT2D eigenvalue weighted by Crippen LogP contribution is 2.18. The Bertz CT molecular complexity index is 461. The smallest absolute Gasteiger partial charge is 0.281 e. The molecule has 0 aliphatic carbocycles. The molecular formula is C13H16N2O3S. The van der Waals surface area contributed by atoms with Crippen molar-refractivity contribution in [2.75, 3.05) is 31.3 Å². The van der Waals surface area contributed by atoms with Crippen LogP contribution in [0.1, 0.15) is 6.42 Å². The van der Waals surface area contributed by atoms with Gasteiger partial charge < -0.3 is 15.0 Å². The monoisotopic (exact) mass is 280 g/mol. The molecular weight excluding hydrogens is 264 g/mol. The normalized spacial score (nSPS) is 14.6. The van der Waals surface area contributed by atoms with Crippen LogP contribution in [0, 0.1) is 0 Å². The molecule has 2 rings (SSSR count). The fraction of sp³-hybridized carbons (Fsp3) is 0.385. The number of nitrogens with one attached hydrogen (secondary N) is 1. The third-order valence-corrected chi connectivity index (χ3v) is 3.72. The third-order valence-electron chi connectivity index (χ3n) is 2.83. The molecule has 1 aromatic carbocycles. The summed E-state index contributed by atoms with van der Waals surface area (Å²) < 4.78 is 5.04. The molecule has 2 amide bonds. The molecule has 0 aromatic heterocycles. The van der Waals surface area contributed by atoms with Gasteiger partial charge in [0.1, 0.15) is 5.75 Å². The fourth-order valence-corrected chi connectivity index (χ4v) is 2.61. The number of rotatable bonds is 5. The molecule has 19 heavy (non-hydrogen) atoms. The fourth-order valence-electron chi connectivity index (χ4n) is 1.76. The van der Waals surface area contributed by atoms with Crippen LogP contribution < -0.4 is 10.1 Å². The molecule has 0 spiro atoms. The summed E-state index contributed by atoms with van der Waals surface area (Å²) in [5, 5.41) is 2.86. The maximum Gasteiger partial charge on any atom is 0.281 e. The molecule has 1 saturated heterocycles. The lowest BCUT2D eigenvalue weighted by Gasteiger charge is -2.14. The first kappa shape index (κ1) is 13.7. The van der Waals surface area contributed by atoms with Gasteiger partial charge in [-0.15, -0.1) is 0 Å². The predicted molar refractivity (Wildman–Crippen MR) is 75.7 cm³/mol. The number of carbonyl (C=O) groups is 2. The zero-order valence-corrected chi connectivity index (χ0v) is 11.5. The van der Waals surface area contributed by atoms with Gasteiger partial charge in [0, 0.05) is 31.0 Å². The van der Waals surface area contributed by atoms with E-state index < -0.39 is 0 Å². The second kappa shape index (κ2) is 6.47. The highest BCUT2D eigenvalue weighted by molar-refractivity contribution is 8.13. The standard InChI is InChI=1S/C13H16N2O3S/c1-18-11-4-2-10(3-5-11)14-12(16)6-7-15-8-9-19-13(15)17/h2-5H,6-9H2,1H3,(H,14,16). The van der Waals surface area contributed by atoms with Gasteiger partial charge in [0.05, 0.1) is 7.11 Å². The van der Waals surface area contributed by atoms with Crippen LogP contribution in [0.25, 0.3) is 0 Å². The van der Waals surface area contributed by atoms with Gasteiger partial charge in [-0.3, -0.25) is 9.59 Å². The summed E-state index contributed by atoms with van der Waals surface area (Å²) in [6.45, 7) is 1.22. The molecule has 1 heterocycles. The number of nitrogens with zero attached hydrogens (tertiary/aromatic N) is 1. The van der Waals surface area contributed by atoms with E-state index in [1.54, 1.807) is 36.3 Å². The van der Waals surface area contributed by atoms with E-state index in [0.717, 1.165) is 23.7 Å². The van der Waals surface area contributed by atoms with Crippen LogP contribution in [-0.4, -0.2) is 42.0 Å². The summed E-state index contributed by atoms with van der Waals surface area (Å²) in [5.41, 5.74) is 0.730. The van der Waals surface area contributed by atoms with Crippen molar-refractivity contribution in [3.8, 4) is 5.75 Å². The molecule has 1 aromatic rings. The molecule has 6 heteroatoms. The van der Waals surface area contributed by atoms with Gasteiger partial charge in [-0.2, -0.15) is 0 Å². The largest absolute Gasteiger partial charge is 0.497 e. The van der Waals surface area contributed by atoms with Crippen LogP contribution in [0.4, 0.5) is 10.5 Å². The van der Waals surface area contributed by atoms with E-state index in [-0.39, 0.29) is 11.1 Å². The van der Waals surface area contributed by atoms with Crippen molar-refractivity contribution in [2.24, 2.45) is 0 Å². The van der Waals surface area contributed by atoms with Crippen LogP contribution >= 0.6 is 11.8 Å². The van der Waals surface area contributed by atoms with E-state index in [1.165, 1.54) is 11.8 Å². The van der Waals surface area contributed by atoms with Gasteiger partial charge in [-0.25, -0.2) is 0 Å². The van der Waals surface area contributed by atoms with E-state index in [4.69, 9.17) is 4.74 Å². The molecule has 0 atom stereocenters. The Balaban J connectivity index is 1.78. The maximum absolute atomic E-state index is 11.7. The molecule has 0 bridgehead atoms. The Kier molecular flexibility index (Phi) is 4.68. The molecule has 102 valence electrons. The van der Waals surface area contributed by atoms with Gasteiger partial charge in [-0.05, 0) is 24.3 Å². The number of amides is 2. The minimum absolute atomic E-state index is 0.0669. The summed E-state index contributed by atoms with van der Waals surface area (Å²) in [6.07, 6.45) is 0.318. The Morgan fingerprint density at radius 2 is 2.16 bits per heavy atom. The topological polar surface area (TPSA) is 58.6 Å². The average molecular weight is 280 g/mol. The summed E-state index contributed by atoms with van der Waals surface area (Å²) in [7, 11) is 1.60. The minimum Gasteiger partial charge on any atom is -0.497 e. The highest BCUT2D eigenvalue weighted by Gasteiger charge is 2.21. The van der Waals surface area contributed by atoms with Crippen LogP contribution in [0.15, 0.2) is 24.3 Å². The number of hydrogen-bond acceptors (Lipinski definition) is 4. The second-order valence-corrected chi connectivity index (χ2v) is 5.17. The van der Waals surface area contributed by atoms with Crippen molar-refractivity contribution < 1.29 is 14.3 Å². The number of benzene rings is 1. The first-order chi connectivity index (χ1) is 9.19. The minimum atomic E-state index is -0.0881. The van der Waals surface area contributed by atoms with Gasteiger partial charge >= 0.3 is 0 Å². The summed E-state index contributed by atoms with van der Waals surface area (Å²) in [6, 6.07) is 7.15. The molecule has 1 N–H and O–H groups in total. The van der Waals surface area contributed by atoms with E-state index in [2.05, 4.69) is 5.32 Å². The maximum atomic E-state index is 11.7. The van der Waals surface area contributed by atoms with E-state index in [0.29, 0.717) is 13.0 Å². The lowest BCUT2D eigenvalue weighted by atomic mass is 10.3. The molecule has 5 nitrogen and oxygen atoms in total. The molecule has 1 aliphatic rings. The van der Waals surface area contributed by atoms with E-state index in [1.807, 2.05) is 0 Å². The zero-order valence-electron chi connectivity index (χ0n) is 10.7. The predicted octanol–water partition coefficient (Wildman–Crippen LogP) is 2.19. The highest BCUT2D eigenvalue weighted by atomic mass is 32.2. The van der Waals surface area contributed by atoms with Gasteiger partial charge in [0.25, 0.3) is 5.24 Å². The quantitative estimate of drug-likeness (QED) is 0.898. The van der Waals surface area contributed by atoms with Crippen LogP contribution in [0.5, 0.6) is 5.75 Å². The van der Waals surface area contributed by atoms with Crippen molar-refractivity contribution in [1.29, 1.82) is 0 Å². The SMILES string of the molecule is COc1ccc(NC(=O)CCN2CCSC2=O)cc1. The lowest BCUT2D eigenvalue weighted by Crippen LogP contribution is -2.27. The van der Waals surface area contributed by atoms with Crippen molar-refractivity contribution in [3.63, 3.8) is 0 Å². The van der Waals surface area contributed by atoms with Gasteiger partial charge in [0.15, 0.2) is 0 Å². The molecule has 0 radical (unpaired) electrons. The van der Waals surface area contributed by atoms with Crippen molar-refractivity contribution in [2.45, 2.75) is 6.42 Å². The van der Waals surface area contributed by atoms with Crippen LogP contribution in [0.2, 0.25) is 0 Å². The Labute approximate surface area is 116 Å². The summed E-state index contributed by atoms with van der Waals surface area (Å²) in [4.78, 5) is 24.8.